The first-order chi connectivity index (χ1) is 11.1. The molecule has 1 aliphatic rings. The number of benzene rings is 2. The SMILES string of the molecule is O=C(NCC(O)c1ccc2c(c1)OCCO2)c1ccccc1O. The summed E-state index contributed by atoms with van der Waals surface area (Å²) in [6.45, 7) is 0.995. The molecule has 1 amide bonds. The standard InChI is InChI=1S/C17H17NO5/c19-13-4-2-1-3-12(13)17(21)18-10-14(20)11-5-6-15-16(9-11)23-8-7-22-15/h1-6,9,14,19-20H,7-8,10H2,(H,18,21). The molecule has 0 spiro atoms. The Kier molecular flexibility index (Phi) is 4.34. The highest BCUT2D eigenvalue weighted by atomic mass is 16.6. The van der Waals surface area contributed by atoms with E-state index in [0.29, 0.717) is 30.3 Å². The first-order valence-corrected chi connectivity index (χ1v) is 7.29. The molecule has 0 radical (unpaired) electrons. The lowest BCUT2D eigenvalue weighted by Gasteiger charge is -2.20. The maximum Gasteiger partial charge on any atom is 0.255 e. The van der Waals surface area contributed by atoms with Gasteiger partial charge >= 0.3 is 0 Å². The maximum atomic E-state index is 12.0. The summed E-state index contributed by atoms with van der Waals surface area (Å²) in [6, 6.07) is 11.4. The first kappa shape index (κ1) is 15.2. The molecule has 0 saturated carbocycles. The molecular formula is C17H17NO5. The highest BCUT2D eigenvalue weighted by Crippen LogP contribution is 2.32. The van der Waals surface area contributed by atoms with E-state index in [1.807, 2.05) is 0 Å². The number of carbonyl (C=O) groups is 1. The van der Waals surface area contributed by atoms with Crippen molar-refractivity contribution in [3.05, 3.63) is 53.6 Å². The number of rotatable bonds is 4. The fraction of sp³-hybridized carbons (Fsp3) is 0.235. The molecule has 0 aromatic heterocycles. The number of carbonyl (C=O) groups excluding carboxylic acids is 1. The molecule has 23 heavy (non-hydrogen) atoms. The third kappa shape index (κ3) is 3.37. The van der Waals surface area contributed by atoms with Crippen molar-refractivity contribution in [2.45, 2.75) is 6.10 Å². The van der Waals surface area contributed by atoms with Gasteiger partial charge in [0, 0.05) is 6.54 Å². The molecule has 6 nitrogen and oxygen atoms in total. The number of para-hydroxylation sites is 1. The van der Waals surface area contributed by atoms with Crippen molar-refractivity contribution >= 4 is 5.91 Å². The van der Waals surface area contributed by atoms with Gasteiger partial charge in [-0.15, -0.1) is 0 Å². The van der Waals surface area contributed by atoms with Gasteiger partial charge in [0.15, 0.2) is 11.5 Å². The summed E-state index contributed by atoms with van der Waals surface area (Å²) in [5.41, 5.74) is 0.786. The molecule has 3 rings (SSSR count). The lowest BCUT2D eigenvalue weighted by molar-refractivity contribution is 0.0913. The topological polar surface area (TPSA) is 88.0 Å². The largest absolute Gasteiger partial charge is 0.507 e. The van der Waals surface area contributed by atoms with Crippen LogP contribution in [0.15, 0.2) is 42.5 Å². The summed E-state index contributed by atoms with van der Waals surface area (Å²) >= 11 is 0. The van der Waals surface area contributed by atoms with Crippen LogP contribution in [0.3, 0.4) is 0 Å². The van der Waals surface area contributed by atoms with Crippen molar-refractivity contribution in [2.24, 2.45) is 0 Å². The molecule has 3 N–H and O–H groups in total. The van der Waals surface area contributed by atoms with Crippen LogP contribution < -0.4 is 14.8 Å². The molecule has 0 saturated heterocycles. The van der Waals surface area contributed by atoms with Crippen molar-refractivity contribution in [3.8, 4) is 17.2 Å². The minimum Gasteiger partial charge on any atom is -0.507 e. The number of hydrogen-bond donors (Lipinski definition) is 3. The van der Waals surface area contributed by atoms with Crippen LogP contribution in [-0.2, 0) is 0 Å². The monoisotopic (exact) mass is 315 g/mol. The Hall–Kier alpha value is -2.73. The molecular weight excluding hydrogens is 298 g/mol. The van der Waals surface area contributed by atoms with E-state index in [1.54, 1.807) is 30.3 Å². The van der Waals surface area contributed by atoms with Crippen LogP contribution in [0.4, 0.5) is 0 Å². The number of ether oxygens (including phenoxy) is 2. The van der Waals surface area contributed by atoms with Gasteiger partial charge in [0.05, 0.1) is 11.7 Å². The number of phenolic OH excluding ortho intramolecular Hbond substituents is 1. The van der Waals surface area contributed by atoms with Gasteiger partial charge in [-0.25, -0.2) is 0 Å². The predicted octanol–water partition coefficient (Wildman–Crippen LogP) is 1.63. The van der Waals surface area contributed by atoms with Gasteiger partial charge in [-0.2, -0.15) is 0 Å². The fourth-order valence-electron chi connectivity index (χ4n) is 2.34. The van der Waals surface area contributed by atoms with E-state index in [2.05, 4.69) is 5.32 Å². The van der Waals surface area contributed by atoms with E-state index >= 15 is 0 Å². The second kappa shape index (κ2) is 6.58. The number of aromatic hydroxyl groups is 1. The van der Waals surface area contributed by atoms with Crippen LogP contribution in [0.2, 0.25) is 0 Å². The lowest BCUT2D eigenvalue weighted by atomic mass is 10.1. The summed E-state index contributed by atoms with van der Waals surface area (Å²) in [5.74, 6) is 0.684. The molecule has 1 unspecified atom stereocenters. The maximum absolute atomic E-state index is 12.0. The second-order valence-electron chi connectivity index (χ2n) is 5.15. The van der Waals surface area contributed by atoms with E-state index < -0.39 is 12.0 Å². The average molecular weight is 315 g/mol. The van der Waals surface area contributed by atoms with E-state index in [0.717, 1.165) is 0 Å². The summed E-state index contributed by atoms with van der Waals surface area (Å²) in [4.78, 5) is 12.0. The van der Waals surface area contributed by atoms with Gasteiger partial charge in [-0.05, 0) is 29.8 Å². The highest BCUT2D eigenvalue weighted by Gasteiger charge is 2.17. The van der Waals surface area contributed by atoms with Gasteiger partial charge in [0.2, 0.25) is 0 Å². The van der Waals surface area contributed by atoms with Crippen molar-refractivity contribution in [1.29, 1.82) is 0 Å². The summed E-state index contributed by atoms with van der Waals surface area (Å²) < 4.78 is 10.9. The molecule has 2 aromatic rings. The molecule has 1 aliphatic heterocycles. The quantitative estimate of drug-likeness (QED) is 0.798. The molecule has 6 heteroatoms. The lowest BCUT2D eigenvalue weighted by Crippen LogP contribution is -2.28. The number of amides is 1. The Morgan fingerprint density at radius 3 is 2.65 bits per heavy atom. The van der Waals surface area contributed by atoms with Gasteiger partial charge in [0.25, 0.3) is 5.91 Å². The van der Waals surface area contributed by atoms with Gasteiger partial charge < -0.3 is 25.0 Å². The number of nitrogens with one attached hydrogen (secondary N) is 1. The zero-order valence-electron chi connectivity index (χ0n) is 12.4. The van der Waals surface area contributed by atoms with Crippen LogP contribution in [0.1, 0.15) is 22.0 Å². The summed E-state index contributed by atoms with van der Waals surface area (Å²) in [6.07, 6.45) is -0.888. The number of fused-ring (bicyclic) bond motifs is 1. The molecule has 2 aromatic carbocycles. The van der Waals surface area contributed by atoms with Crippen LogP contribution in [0.25, 0.3) is 0 Å². The molecule has 1 heterocycles. The van der Waals surface area contributed by atoms with Crippen LogP contribution >= 0.6 is 0 Å². The summed E-state index contributed by atoms with van der Waals surface area (Å²) in [5, 5.41) is 22.5. The van der Waals surface area contributed by atoms with Crippen molar-refractivity contribution < 1.29 is 24.5 Å². The normalized spacial score (nSPS) is 14.1. The van der Waals surface area contributed by atoms with Gasteiger partial charge in [-0.3, -0.25) is 4.79 Å². The molecule has 0 fully saturated rings. The number of aliphatic hydroxyl groups excluding tert-OH is 1. The number of aliphatic hydroxyl groups is 1. The van der Waals surface area contributed by atoms with Gasteiger partial charge in [-0.1, -0.05) is 18.2 Å². The predicted molar refractivity (Wildman–Crippen MR) is 82.8 cm³/mol. The highest BCUT2D eigenvalue weighted by molar-refractivity contribution is 5.96. The second-order valence-corrected chi connectivity index (χ2v) is 5.15. The Morgan fingerprint density at radius 1 is 1.13 bits per heavy atom. The smallest absolute Gasteiger partial charge is 0.255 e. The number of hydrogen-bond acceptors (Lipinski definition) is 5. The van der Waals surface area contributed by atoms with Crippen LogP contribution in [0.5, 0.6) is 17.2 Å². The van der Waals surface area contributed by atoms with E-state index in [-0.39, 0.29) is 17.9 Å². The Balaban J connectivity index is 1.64. The number of phenols is 1. The molecule has 120 valence electrons. The first-order valence-electron chi connectivity index (χ1n) is 7.29. The Morgan fingerprint density at radius 2 is 1.87 bits per heavy atom. The van der Waals surface area contributed by atoms with E-state index in [4.69, 9.17) is 9.47 Å². The fourth-order valence-corrected chi connectivity index (χ4v) is 2.34. The third-order valence-electron chi connectivity index (χ3n) is 3.56. The minimum absolute atomic E-state index is 0.0206. The average Bonchev–Trinajstić information content (AvgIpc) is 2.59. The minimum atomic E-state index is -0.888. The molecule has 1 atom stereocenters. The van der Waals surface area contributed by atoms with E-state index in [1.165, 1.54) is 12.1 Å². The summed E-state index contributed by atoms with van der Waals surface area (Å²) in [7, 11) is 0. The molecule has 0 aliphatic carbocycles. The van der Waals surface area contributed by atoms with Crippen molar-refractivity contribution in [3.63, 3.8) is 0 Å². The van der Waals surface area contributed by atoms with Crippen LogP contribution in [0, 0.1) is 0 Å². The van der Waals surface area contributed by atoms with Crippen molar-refractivity contribution in [1.82, 2.24) is 5.32 Å². The van der Waals surface area contributed by atoms with E-state index in [9.17, 15) is 15.0 Å². The van der Waals surface area contributed by atoms with Crippen molar-refractivity contribution in [2.75, 3.05) is 19.8 Å². The zero-order valence-corrected chi connectivity index (χ0v) is 12.4. The van der Waals surface area contributed by atoms with Crippen LogP contribution in [-0.4, -0.2) is 35.9 Å². The Bertz CT molecular complexity index is 716. The molecule has 0 bridgehead atoms. The Labute approximate surface area is 133 Å². The van der Waals surface area contributed by atoms with Gasteiger partial charge in [0.1, 0.15) is 19.0 Å². The third-order valence-corrected chi connectivity index (χ3v) is 3.56. The zero-order chi connectivity index (χ0) is 16.2.